The van der Waals surface area contributed by atoms with Crippen LogP contribution in [-0.2, 0) is 0 Å². The summed E-state index contributed by atoms with van der Waals surface area (Å²) in [6, 6.07) is 0.762. The summed E-state index contributed by atoms with van der Waals surface area (Å²) in [4.78, 5) is 0. The van der Waals surface area contributed by atoms with Crippen molar-refractivity contribution in [3.8, 4) is 0 Å². The van der Waals surface area contributed by atoms with Crippen molar-refractivity contribution in [2.45, 2.75) is 72.3 Å². The van der Waals surface area contributed by atoms with Crippen molar-refractivity contribution in [3.63, 3.8) is 0 Å². The molecule has 96 valence electrons. The first-order valence-corrected chi connectivity index (χ1v) is 7.12. The highest BCUT2D eigenvalue weighted by Gasteiger charge is 2.30. The van der Waals surface area contributed by atoms with Crippen molar-refractivity contribution in [1.29, 1.82) is 0 Å². The molecule has 0 aliphatic heterocycles. The van der Waals surface area contributed by atoms with E-state index in [1.807, 2.05) is 0 Å². The summed E-state index contributed by atoms with van der Waals surface area (Å²) in [7, 11) is 2.14. The number of hydrogen-bond donors (Lipinski definition) is 1. The van der Waals surface area contributed by atoms with E-state index in [0.717, 1.165) is 17.9 Å². The van der Waals surface area contributed by atoms with E-state index in [0.29, 0.717) is 5.41 Å². The third kappa shape index (κ3) is 4.45. The van der Waals surface area contributed by atoms with E-state index < -0.39 is 0 Å². The summed E-state index contributed by atoms with van der Waals surface area (Å²) in [5.41, 5.74) is 0.604. The van der Waals surface area contributed by atoms with Gasteiger partial charge in [0.15, 0.2) is 0 Å². The summed E-state index contributed by atoms with van der Waals surface area (Å²) < 4.78 is 0. The molecule has 1 fully saturated rings. The fourth-order valence-corrected chi connectivity index (χ4v) is 2.95. The van der Waals surface area contributed by atoms with Gasteiger partial charge in [-0.2, -0.15) is 0 Å². The number of hydrogen-bond acceptors (Lipinski definition) is 1. The van der Waals surface area contributed by atoms with Crippen molar-refractivity contribution < 1.29 is 0 Å². The average molecular weight is 225 g/mol. The Hall–Kier alpha value is -0.0400. The van der Waals surface area contributed by atoms with E-state index in [2.05, 4.69) is 40.1 Å². The van der Waals surface area contributed by atoms with E-state index in [4.69, 9.17) is 0 Å². The highest BCUT2D eigenvalue weighted by Crippen LogP contribution is 2.39. The molecule has 1 rings (SSSR count). The highest BCUT2D eigenvalue weighted by atomic mass is 14.9. The second-order valence-electron chi connectivity index (χ2n) is 6.87. The van der Waals surface area contributed by atoms with Crippen LogP contribution < -0.4 is 5.32 Å². The summed E-state index contributed by atoms with van der Waals surface area (Å²) in [6.07, 6.45) is 8.41. The van der Waals surface area contributed by atoms with Gasteiger partial charge in [0.1, 0.15) is 0 Å². The largest absolute Gasteiger partial charge is 0.317 e. The van der Waals surface area contributed by atoms with Gasteiger partial charge < -0.3 is 5.32 Å². The minimum atomic E-state index is 0.604. The van der Waals surface area contributed by atoms with Gasteiger partial charge in [0.25, 0.3) is 0 Å². The molecule has 0 aromatic carbocycles. The summed E-state index contributed by atoms with van der Waals surface area (Å²) >= 11 is 0. The summed E-state index contributed by atoms with van der Waals surface area (Å²) in [6.45, 7) is 9.50. The summed E-state index contributed by atoms with van der Waals surface area (Å²) in [5, 5.41) is 3.55. The molecule has 1 nitrogen and oxygen atoms in total. The predicted molar refractivity (Wildman–Crippen MR) is 72.7 cm³/mol. The molecule has 16 heavy (non-hydrogen) atoms. The van der Waals surface area contributed by atoms with E-state index in [1.54, 1.807) is 0 Å². The minimum absolute atomic E-state index is 0.604. The van der Waals surface area contributed by atoms with Crippen LogP contribution >= 0.6 is 0 Å². The van der Waals surface area contributed by atoms with Crippen molar-refractivity contribution in [3.05, 3.63) is 0 Å². The van der Waals surface area contributed by atoms with Gasteiger partial charge in [-0.15, -0.1) is 0 Å². The first-order valence-electron chi connectivity index (χ1n) is 7.12. The lowest BCUT2D eigenvalue weighted by molar-refractivity contribution is 0.158. The van der Waals surface area contributed by atoms with E-state index >= 15 is 0 Å². The Labute approximate surface area is 102 Å². The van der Waals surface area contributed by atoms with Crippen molar-refractivity contribution in [2.75, 3.05) is 7.05 Å². The topological polar surface area (TPSA) is 12.0 Å². The van der Waals surface area contributed by atoms with Gasteiger partial charge in [0, 0.05) is 6.04 Å². The van der Waals surface area contributed by atoms with Crippen LogP contribution in [0.25, 0.3) is 0 Å². The van der Waals surface area contributed by atoms with Gasteiger partial charge in [0.05, 0.1) is 0 Å². The van der Waals surface area contributed by atoms with Crippen LogP contribution in [0.15, 0.2) is 0 Å². The number of nitrogens with one attached hydrogen (secondary N) is 1. The maximum absolute atomic E-state index is 3.55. The lowest BCUT2D eigenvalue weighted by Crippen LogP contribution is -2.37. The molecule has 1 atom stereocenters. The molecule has 1 saturated carbocycles. The molecular weight excluding hydrogens is 194 g/mol. The third-order valence-corrected chi connectivity index (χ3v) is 4.38. The quantitative estimate of drug-likeness (QED) is 0.738. The van der Waals surface area contributed by atoms with Crippen molar-refractivity contribution in [2.24, 2.45) is 17.3 Å². The van der Waals surface area contributed by atoms with Crippen LogP contribution in [0.3, 0.4) is 0 Å². The third-order valence-electron chi connectivity index (χ3n) is 4.38. The fraction of sp³-hybridized carbons (Fsp3) is 1.00. The van der Waals surface area contributed by atoms with Crippen molar-refractivity contribution >= 4 is 0 Å². The second-order valence-corrected chi connectivity index (χ2v) is 6.87. The molecule has 0 amide bonds. The lowest BCUT2D eigenvalue weighted by Gasteiger charge is -2.38. The van der Waals surface area contributed by atoms with E-state index in [-0.39, 0.29) is 0 Å². The molecule has 0 saturated heterocycles. The molecule has 0 heterocycles. The molecule has 1 N–H and O–H groups in total. The first-order chi connectivity index (χ1) is 7.44. The molecule has 1 aliphatic carbocycles. The van der Waals surface area contributed by atoms with E-state index in [1.165, 1.54) is 38.5 Å². The molecule has 1 unspecified atom stereocenters. The summed E-state index contributed by atoms with van der Waals surface area (Å²) in [5.74, 6) is 1.77. The molecule has 0 radical (unpaired) electrons. The number of rotatable bonds is 5. The van der Waals surface area contributed by atoms with Crippen LogP contribution in [-0.4, -0.2) is 13.1 Å². The van der Waals surface area contributed by atoms with Crippen LogP contribution in [0.4, 0.5) is 0 Å². The molecule has 0 aromatic heterocycles. The fourth-order valence-electron chi connectivity index (χ4n) is 2.95. The van der Waals surface area contributed by atoms with Crippen LogP contribution in [0, 0.1) is 17.3 Å². The molecule has 0 spiro atoms. The second kappa shape index (κ2) is 6.05. The highest BCUT2D eigenvalue weighted by molar-refractivity contribution is 4.84. The zero-order valence-electron chi connectivity index (χ0n) is 12.0. The maximum atomic E-state index is 3.55. The Morgan fingerprint density at radius 1 is 1.12 bits per heavy atom. The Balaban J connectivity index is 2.37. The van der Waals surface area contributed by atoms with Gasteiger partial charge >= 0.3 is 0 Å². The zero-order chi connectivity index (χ0) is 12.2. The molecular formula is C15H31N. The first kappa shape index (κ1) is 14.0. The van der Waals surface area contributed by atoms with Crippen molar-refractivity contribution in [1.82, 2.24) is 5.32 Å². The Kier molecular flexibility index (Phi) is 5.30. The normalized spacial score (nSPS) is 23.6. The Morgan fingerprint density at radius 2 is 1.69 bits per heavy atom. The van der Waals surface area contributed by atoms with Crippen LogP contribution in [0.2, 0.25) is 0 Å². The molecule has 1 heteroatoms. The van der Waals surface area contributed by atoms with Crippen LogP contribution in [0.5, 0.6) is 0 Å². The van der Waals surface area contributed by atoms with Gasteiger partial charge in [-0.05, 0) is 62.8 Å². The van der Waals surface area contributed by atoms with Gasteiger partial charge in [-0.1, -0.05) is 27.7 Å². The van der Waals surface area contributed by atoms with Gasteiger partial charge in [-0.25, -0.2) is 0 Å². The van der Waals surface area contributed by atoms with Gasteiger partial charge in [0.2, 0.25) is 0 Å². The lowest BCUT2D eigenvalue weighted by atomic mass is 9.70. The minimum Gasteiger partial charge on any atom is -0.317 e. The smallest absolute Gasteiger partial charge is 0.00924 e. The molecule has 0 aromatic rings. The standard InChI is InChI=1S/C15H31N/c1-12(2)6-7-14(16-5)13-8-10-15(3,4)11-9-13/h12-14,16H,6-11H2,1-5H3. The molecule has 1 aliphatic rings. The predicted octanol–water partition coefficient (Wildman–Crippen LogP) is 4.23. The monoisotopic (exact) mass is 225 g/mol. The Morgan fingerprint density at radius 3 is 2.12 bits per heavy atom. The SMILES string of the molecule is CNC(CCC(C)C)C1CCC(C)(C)CC1. The average Bonchev–Trinajstić information content (AvgIpc) is 2.20. The Bertz CT molecular complexity index is 183. The maximum Gasteiger partial charge on any atom is 0.00924 e. The van der Waals surface area contributed by atoms with E-state index in [9.17, 15) is 0 Å². The molecule has 0 bridgehead atoms. The zero-order valence-corrected chi connectivity index (χ0v) is 12.0. The van der Waals surface area contributed by atoms with Crippen LogP contribution in [0.1, 0.15) is 66.2 Å². The van der Waals surface area contributed by atoms with Gasteiger partial charge in [-0.3, -0.25) is 0 Å².